The topological polar surface area (TPSA) is 108 Å². The van der Waals surface area contributed by atoms with Gasteiger partial charge in [0.1, 0.15) is 0 Å². The highest BCUT2D eigenvalue weighted by Crippen LogP contribution is 2.04. The highest BCUT2D eigenvalue weighted by molar-refractivity contribution is 5.87. The van der Waals surface area contributed by atoms with Crippen LogP contribution in [0.4, 0.5) is 0 Å². The summed E-state index contributed by atoms with van der Waals surface area (Å²) in [6.45, 7) is -0.291. The molecule has 0 bridgehead atoms. The summed E-state index contributed by atoms with van der Waals surface area (Å²) in [6, 6.07) is -1.55. The molecule has 0 aromatic carbocycles. The molecule has 0 unspecified atom stereocenters. The van der Waals surface area contributed by atoms with Gasteiger partial charge in [0.25, 0.3) is 0 Å². The van der Waals surface area contributed by atoms with Crippen molar-refractivity contribution in [2.24, 2.45) is 10.7 Å². The minimum Gasteiger partial charge on any atom is -0.480 e. The number of nitrogens with zero attached hydrogens (tertiary/aromatic N) is 1. The third-order valence-electron chi connectivity index (χ3n) is 1.44. The lowest BCUT2D eigenvalue weighted by molar-refractivity contribution is -0.139. The number of aliphatic imine (C=N–C) groups is 1. The van der Waals surface area contributed by atoms with Crippen molar-refractivity contribution >= 4 is 11.9 Å². The molecule has 0 saturated carbocycles. The summed E-state index contributed by atoms with van der Waals surface area (Å²) < 4.78 is 0. The van der Waals surface area contributed by atoms with Gasteiger partial charge in [-0.1, -0.05) is 0 Å². The predicted molar refractivity (Wildman–Crippen MR) is 37.1 cm³/mol. The number of nitrogens with two attached hydrogens (primary N) is 1. The molecule has 0 spiro atoms. The van der Waals surface area contributed by atoms with Crippen LogP contribution < -0.4 is 11.1 Å². The lowest BCUT2D eigenvalue weighted by Gasteiger charge is -2.10. The number of aliphatic carboxylic acids is 1. The number of rotatable bonds is 2. The molecule has 0 aromatic rings. The molecule has 2 atom stereocenters. The first-order chi connectivity index (χ1) is 5.15. The fraction of sp³-hybridized carbons (Fsp3) is 0.600. The van der Waals surface area contributed by atoms with Crippen LogP contribution in [-0.4, -0.2) is 40.8 Å². The maximum Gasteiger partial charge on any atom is 0.330 e. The Labute approximate surface area is 62.7 Å². The molecule has 0 saturated heterocycles. The molecule has 0 aromatic heterocycles. The van der Waals surface area contributed by atoms with Crippen LogP contribution >= 0.6 is 0 Å². The van der Waals surface area contributed by atoms with E-state index in [1.54, 1.807) is 0 Å². The van der Waals surface area contributed by atoms with Gasteiger partial charge >= 0.3 is 5.97 Å². The van der Waals surface area contributed by atoms with E-state index in [1.165, 1.54) is 0 Å². The maximum atomic E-state index is 10.4. The Bertz CT molecular complexity index is 203. The fourth-order valence-corrected chi connectivity index (χ4v) is 0.919. The molecule has 11 heavy (non-hydrogen) atoms. The molecule has 1 aliphatic rings. The zero-order chi connectivity index (χ0) is 8.43. The molecule has 0 amide bonds. The van der Waals surface area contributed by atoms with Crippen LogP contribution in [0.1, 0.15) is 0 Å². The standard InChI is InChI=1S/C5H9N3O3/c6-5-7-2(1-9)3(8-5)4(10)11/h2-3,9H,1H2,(H,10,11)(H3,6,7,8)/t2-,3+/m0/s1. The molecule has 0 radical (unpaired) electrons. The van der Waals surface area contributed by atoms with Crippen LogP contribution in [0.25, 0.3) is 0 Å². The van der Waals surface area contributed by atoms with Gasteiger partial charge in [0.05, 0.1) is 12.6 Å². The fourth-order valence-electron chi connectivity index (χ4n) is 0.919. The van der Waals surface area contributed by atoms with Crippen molar-refractivity contribution in [1.29, 1.82) is 0 Å². The SMILES string of the molecule is NC1=N[C@@H](C(=O)O)[C@H](CO)N1. The second-order valence-corrected chi connectivity index (χ2v) is 2.23. The Balaban J connectivity index is 2.68. The third-order valence-corrected chi connectivity index (χ3v) is 1.44. The van der Waals surface area contributed by atoms with E-state index in [-0.39, 0.29) is 12.6 Å². The summed E-state index contributed by atoms with van der Waals surface area (Å²) in [6.07, 6.45) is 0. The van der Waals surface area contributed by atoms with Crippen molar-refractivity contribution in [2.75, 3.05) is 6.61 Å². The summed E-state index contributed by atoms with van der Waals surface area (Å²) in [4.78, 5) is 14.0. The monoisotopic (exact) mass is 159 g/mol. The van der Waals surface area contributed by atoms with E-state index >= 15 is 0 Å². The van der Waals surface area contributed by atoms with E-state index < -0.39 is 18.1 Å². The first-order valence-electron chi connectivity index (χ1n) is 3.08. The number of hydrogen-bond donors (Lipinski definition) is 4. The van der Waals surface area contributed by atoms with Crippen molar-refractivity contribution in [2.45, 2.75) is 12.1 Å². The minimum atomic E-state index is -1.09. The average molecular weight is 159 g/mol. The van der Waals surface area contributed by atoms with E-state index in [4.69, 9.17) is 15.9 Å². The van der Waals surface area contributed by atoms with Gasteiger partial charge in [0.2, 0.25) is 0 Å². The first kappa shape index (κ1) is 7.80. The Morgan fingerprint density at radius 1 is 1.82 bits per heavy atom. The summed E-state index contributed by atoms with van der Waals surface area (Å²) in [5.74, 6) is -1.02. The van der Waals surface area contributed by atoms with Gasteiger partial charge in [-0.05, 0) is 0 Å². The number of aliphatic hydroxyl groups excluding tert-OH is 1. The van der Waals surface area contributed by atoms with E-state index in [0.717, 1.165) is 0 Å². The molecule has 5 N–H and O–H groups in total. The second kappa shape index (κ2) is 2.75. The summed E-state index contributed by atoms with van der Waals surface area (Å²) in [5.41, 5.74) is 5.19. The van der Waals surface area contributed by atoms with Crippen LogP contribution in [0.15, 0.2) is 4.99 Å². The Kier molecular flexibility index (Phi) is 1.95. The molecule has 6 heteroatoms. The van der Waals surface area contributed by atoms with Gasteiger partial charge in [-0.15, -0.1) is 0 Å². The number of aliphatic hydroxyl groups is 1. The zero-order valence-electron chi connectivity index (χ0n) is 5.69. The van der Waals surface area contributed by atoms with Crippen molar-refractivity contribution in [3.8, 4) is 0 Å². The second-order valence-electron chi connectivity index (χ2n) is 2.23. The van der Waals surface area contributed by atoms with E-state index in [9.17, 15) is 4.79 Å². The number of carbonyl (C=O) groups is 1. The largest absolute Gasteiger partial charge is 0.480 e. The number of carboxylic acids is 1. The summed E-state index contributed by atoms with van der Waals surface area (Å²) in [7, 11) is 0. The highest BCUT2D eigenvalue weighted by atomic mass is 16.4. The number of guanidine groups is 1. The predicted octanol–water partition coefficient (Wildman–Crippen LogP) is -2.28. The zero-order valence-corrected chi connectivity index (χ0v) is 5.69. The molecule has 62 valence electrons. The van der Waals surface area contributed by atoms with Crippen molar-refractivity contribution < 1.29 is 15.0 Å². The van der Waals surface area contributed by atoms with Gasteiger partial charge in [0, 0.05) is 0 Å². The van der Waals surface area contributed by atoms with Crippen LogP contribution in [0, 0.1) is 0 Å². The molecule has 1 rings (SSSR count). The van der Waals surface area contributed by atoms with Crippen LogP contribution in [0.3, 0.4) is 0 Å². The van der Waals surface area contributed by atoms with Gasteiger partial charge in [-0.3, -0.25) is 0 Å². The molecular formula is C5H9N3O3. The lowest BCUT2D eigenvalue weighted by Crippen LogP contribution is -2.43. The van der Waals surface area contributed by atoms with Crippen LogP contribution in [0.2, 0.25) is 0 Å². The average Bonchev–Trinajstić information content (AvgIpc) is 2.30. The molecule has 6 nitrogen and oxygen atoms in total. The van der Waals surface area contributed by atoms with Gasteiger partial charge in [-0.25, -0.2) is 9.79 Å². The van der Waals surface area contributed by atoms with Crippen LogP contribution in [0.5, 0.6) is 0 Å². The normalized spacial score (nSPS) is 29.4. The minimum absolute atomic E-state index is 0.0662. The molecule has 1 aliphatic heterocycles. The Morgan fingerprint density at radius 3 is 2.82 bits per heavy atom. The summed E-state index contributed by atoms with van der Waals surface area (Å²) in [5, 5.41) is 19.7. The number of nitrogens with one attached hydrogen (secondary N) is 1. The van der Waals surface area contributed by atoms with Gasteiger partial charge in [-0.2, -0.15) is 0 Å². The van der Waals surface area contributed by atoms with Crippen molar-refractivity contribution in [3.63, 3.8) is 0 Å². The smallest absolute Gasteiger partial charge is 0.330 e. The van der Waals surface area contributed by atoms with E-state index in [0.29, 0.717) is 0 Å². The molecular weight excluding hydrogens is 150 g/mol. The Morgan fingerprint density at radius 2 is 2.45 bits per heavy atom. The van der Waals surface area contributed by atoms with Crippen LogP contribution in [-0.2, 0) is 4.79 Å². The molecule has 0 fully saturated rings. The van der Waals surface area contributed by atoms with E-state index in [1.807, 2.05) is 0 Å². The molecule has 0 aliphatic carbocycles. The quantitative estimate of drug-likeness (QED) is 0.363. The van der Waals surface area contributed by atoms with Gasteiger partial charge < -0.3 is 21.3 Å². The van der Waals surface area contributed by atoms with E-state index in [2.05, 4.69) is 10.3 Å². The highest BCUT2D eigenvalue weighted by Gasteiger charge is 2.32. The first-order valence-corrected chi connectivity index (χ1v) is 3.08. The maximum absolute atomic E-state index is 10.4. The van der Waals surface area contributed by atoms with Gasteiger partial charge in [0.15, 0.2) is 12.0 Å². The molecule has 1 heterocycles. The van der Waals surface area contributed by atoms with Crippen molar-refractivity contribution in [3.05, 3.63) is 0 Å². The lowest BCUT2D eigenvalue weighted by atomic mass is 10.1. The number of carboxylic acid groups (broad SMARTS) is 1. The third kappa shape index (κ3) is 1.40. The number of hydrogen-bond acceptors (Lipinski definition) is 5. The van der Waals surface area contributed by atoms with Crippen molar-refractivity contribution in [1.82, 2.24) is 5.32 Å². The summed E-state index contributed by atoms with van der Waals surface area (Å²) >= 11 is 0. The Hall–Kier alpha value is -1.30.